The summed E-state index contributed by atoms with van der Waals surface area (Å²) in [6, 6.07) is 7.85. The van der Waals surface area contributed by atoms with E-state index in [4.69, 9.17) is 4.74 Å². The van der Waals surface area contributed by atoms with Crippen molar-refractivity contribution in [3.63, 3.8) is 0 Å². The second-order valence-electron chi connectivity index (χ2n) is 7.56. The van der Waals surface area contributed by atoms with E-state index in [1.54, 1.807) is 0 Å². The Morgan fingerprint density at radius 3 is 2.73 bits per heavy atom. The molecule has 0 spiro atoms. The first-order valence-corrected chi connectivity index (χ1v) is 9.95. The van der Waals surface area contributed by atoms with Gasteiger partial charge in [-0.3, -0.25) is 9.59 Å². The minimum atomic E-state index is -0.750. The molecule has 2 amide bonds. The second-order valence-corrected chi connectivity index (χ2v) is 7.56. The van der Waals surface area contributed by atoms with Crippen LogP contribution in [0, 0.1) is 5.92 Å². The molecule has 1 unspecified atom stereocenters. The number of hydrogen-bond acceptors (Lipinski definition) is 3. The van der Waals surface area contributed by atoms with E-state index in [1.165, 1.54) is 0 Å². The van der Waals surface area contributed by atoms with Crippen LogP contribution in [-0.2, 0) is 16.0 Å². The van der Waals surface area contributed by atoms with E-state index >= 15 is 0 Å². The molecule has 1 fully saturated rings. The van der Waals surface area contributed by atoms with Gasteiger partial charge >= 0.3 is 0 Å². The largest absolute Gasteiger partial charge is 0.492 e. The van der Waals surface area contributed by atoms with Crippen LogP contribution >= 0.6 is 0 Å². The molecule has 142 valence electrons. The first kappa shape index (κ1) is 18.7. The lowest BCUT2D eigenvalue weighted by molar-refractivity contribution is -0.137. The van der Waals surface area contributed by atoms with Gasteiger partial charge in [0.25, 0.3) is 0 Å². The monoisotopic (exact) mass is 358 g/mol. The number of nitrogens with one attached hydrogen (secondary N) is 2. The SMILES string of the molecule is CCCCNC(=O)C1(NC(=O)C2COc3ccccc3C2)CCCCC1. The number of benzene rings is 1. The van der Waals surface area contributed by atoms with Gasteiger partial charge in [0.2, 0.25) is 11.8 Å². The van der Waals surface area contributed by atoms with Crippen molar-refractivity contribution in [2.24, 2.45) is 5.92 Å². The van der Waals surface area contributed by atoms with Gasteiger partial charge < -0.3 is 15.4 Å². The van der Waals surface area contributed by atoms with Crippen LogP contribution in [-0.4, -0.2) is 30.5 Å². The molecule has 2 N–H and O–H groups in total. The summed E-state index contributed by atoms with van der Waals surface area (Å²) in [5, 5.41) is 6.16. The standard InChI is InChI=1S/C21H30N2O3/c1-2-3-13-22-20(25)21(11-7-4-8-12-21)23-19(24)17-14-16-9-5-6-10-18(16)26-15-17/h5-6,9-10,17H,2-4,7-8,11-15H2,1H3,(H,22,25)(H,23,24). The van der Waals surface area contributed by atoms with Gasteiger partial charge in [0.1, 0.15) is 17.9 Å². The maximum absolute atomic E-state index is 12.9. The van der Waals surface area contributed by atoms with Gasteiger partial charge in [-0.2, -0.15) is 0 Å². The quantitative estimate of drug-likeness (QED) is 0.768. The van der Waals surface area contributed by atoms with E-state index in [-0.39, 0.29) is 17.7 Å². The maximum atomic E-state index is 12.9. The zero-order valence-corrected chi connectivity index (χ0v) is 15.7. The van der Waals surface area contributed by atoms with Crippen LogP contribution in [0.4, 0.5) is 0 Å². The van der Waals surface area contributed by atoms with Crippen molar-refractivity contribution in [1.82, 2.24) is 10.6 Å². The maximum Gasteiger partial charge on any atom is 0.245 e. The number of amides is 2. The third-order valence-corrected chi connectivity index (χ3v) is 5.57. The minimum absolute atomic E-state index is 0.0175. The van der Waals surface area contributed by atoms with Crippen molar-refractivity contribution in [3.8, 4) is 5.75 Å². The molecule has 26 heavy (non-hydrogen) atoms. The number of fused-ring (bicyclic) bond motifs is 1. The van der Waals surface area contributed by atoms with Crippen molar-refractivity contribution in [3.05, 3.63) is 29.8 Å². The summed E-state index contributed by atoms with van der Waals surface area (Å²) in [5.74, 6) is 0.538. The molecule has 1 aromatic carbocycles. The molecule has 2 aliphatic rings. The van der Waals surface area contributed by atoms with E-state index in [1.807, 2.05) is 24.3 Å². The number of rotatable bonds is 6. The Labute approximate surface area is 155 Å². The fourth-order valence-corrected chi connectivity index (χ4v) is 3.95. The summed E-state index contributed by atoms with van der Waals surface area (Å²) in [7, 11) is 0. The predicted molar refractivity (Wildman–Crippen MR) is 101 cm³/mol. The molecule has 1 atom stereocenters. The number of para-hydroxylation sites is 1. The zero-order chi connectivity index (χ0) is 18.4. The van der Waals surface area contributed by atoms with Gasteiger partial charge in [0.15, 0.2) is 0 Å². The molecule has 0 bridgehead atoms. The highest BCUT2D eigenvalue weighted by Gasteiger charge is 2.42. The van der Waals surface area contributed by atoms with E-state index in [0.29, 0.717) is 19.6 Å². The summed E-state index contributed by atoms with van der Waals surface area (Å²) >= 11 is 0. The molecule has 1 aliphatic heterocycles. The Morgan fingerprint density at radius 2 is 1.96 bits per heavy atom. The molecule has 0 aromatic heterocycles. The topological polar surface area (TPSA) is 67.4 Å². The fraction of sp³-hybridized carbons (Fsp3) is 0.619. The Bertz CT molecular complexity index is 638. The zero-order valence-electron chi connectivity index (χ0n) is 15.7. The van der Waals surface area contributed by atoms with Crippen molar-refractivity contribution in [1.29, 1.82) is 0 Å². The molecule has 5 nitrogen and oxygen atoms in total. The lowest BCUT2D eigenvalue weighted by Gasteiger charge is -2.38. The third-order valence-electron chi connectivity index (χ3n) is 5.57. The highest BCUT2D eigenvalue weighted by Crippen LogP contribution is 2.31. The van der Waals surface area contributed by atoms with Crippen molar-refractivity contribution < 1.29 is 14.3 Å². The average molecular weight is 358 g/mol. The van der Waals surface area contributed by atoms with E-state index < -0.39 is 5.54 Å². The first-order valence-electron chi connectivity index (χ1n) is 9.95. The smallest absolute Gasteiger partial charge is 0.245 e. The summed E-state index contributed by atoms with van der Waals surface area (Å²) in [6.45, 7) is 3.15. The second kappa shape index (κ2) is 8.56. The predicted octanol–water partition coefficient (Wildman–Crippen LogP) is 2.97. The molecule has 1 aliphatic carbocycles. The van der Waals surface area contributed by atoms with Crippen LogP contribution in [0.5, 0.6) is 5.75 Å². The number of ether oxygens (including phenoxy) is 1. The van der Waals surface area contributed by atoms with Crippen LogP contribution < -0.4 is 15.4 Å². The van der Waals surface area contributed by atoms with Crippen molar-refractivity contribution in [2.75, 3.05) is 13.2 Å². The molecular weight excluding hydrogens is 328 g/mol. The average Bonchev–Trinajstić information content (AvgIpc) is 2.68. The Balaban J connectivity index is 1.67. The van der Waals surface area contributed by atoms with Gasteiger partial charge in [-0.05, 0) is 37.3 Å². The number of unbranched alkanes of at least 4 members (excludes halogenated alkanes) is 1. The van der Waals surface area contributed by atoms with Gasteiger partial charge in [-0.25, -0.2) is 0 Å². The lowest BCUT2D eigenvalue weighted by Crippen LogP contribution is -2.61. The van der Waals surface area contributed by atoms with Crippen molar-refractivity contribution in [2.45, 2.75) is 63.8 Å². The van der Waals surface area contributed by atoms with Crippen molar-refractivity contribution >= 4 is 11.8 Å². The van der Waals surface area contributed by atoms with E-state index in [0.717, 1.165) is 56.3 Å². The highest BCUT2D eigenvalue weighted by atomic mass is 16.5. The number of hydrogen-bond donors (Lipinski definition) is 2. The normalized spacial score (nSPS) is 21.2. The van der Waals surface area contributed by atoms with E-state index in [2.05, 4.69) is 17.6 Å². The molecule has 1 heterocycles. The number of carbonyl (C=O) groups excluding carboxylic acids is 2. The molecular formula is C21H30N2O3. The van der Waals surface area contributed by atoms with Crippen LogP contribution in [0.25, 0.3) is 0 Å². The molecule has 5 heteroatoms. The van der Waals surface area contributed by atoms with E-state index in [9.17, 15) is 9.59 Å². The summed E-state index contributed by atoms with van der Waals surface area (Å²) in [5.41, 5.74) is 0.309. The molecule has 3 rings (SSSR count). The third kappa shape index (κ3) is 4.19. The van der Waals surface area contributed by atoms with Crippen LogP contribution in [0.3, 0.4) is 0 Å². The van der Waals surface area contributed by atoms with Gasteiger partial charge in [0, 0.05) is 6.54 Å². The van der Waals surface area contributed by atoms with Crippen LogP contribution in [0.2, 0.25) is 0 Å². The summed E-state index contributed by atoms with van der Waals surface area (Å²) in [4.78, 5) is 25.8. The minimum Gasteiger partial charge on any atom is -0.492 e. The molecule has 0 radical (unpaired) electrons. The first-order chi connectivity index (χ1) is 12.6. The Hall–Kier alpha value is -2.04. The number of carbonyl (C=O) groups is 2. The Kier molecular flexibility index (Phi) is 6.17. The molecule has 1 saturated carbocycles. The Morgan fingerprint density at radius 1 is 1.19 bits per heavy atom. The fourth-order valence-electron chi connectivity index (χ4n) is 3.95. The van der Waals surface area contributed by atoms with Crippen LogP contribution in [0.1, 0.15) is 57.4 Å². The highest BCUT2D eigenvalue weighted by molar-refractivity contribution is 5.92. The molecule has 0 saturated heterocycles. The summed E-state index contributed by atoms with van der Waals surface area (Å²) in [6.07, 6.45) is 7.19. The van der Waals surface area contributed by atoms with Gasteiger partial charge in [0.05, 0.1) is 5.92 Å². The summed E-state index contributed by atoms with van der Waals surface area (Å²) < 4.78 is 5.76. The lowest BCUT2D eigenvalue weighted by atomic mass is 9.80. The van der Waals surface area contributed by atoms with Gasteiger partial charge in [-0.1, -0.05) is 50.8 Å². The van der Waals surface area contributed by atoms with Gasteiger partial charge in [-0.15, -0.1) is 0 Å². The molecule has 1 aromatic rings. The van der Waals surface area contributed by atoms with Crippen LogP contribution in [0.15, 0.2) is 24.3 Å².